The third-order valence-corrected chi connectivity index (χ3v) is 6.41. The Morgan fingerprint density at radius 3 is 2.65 bits per heavy atom. The zero-order chi connectivity index (χ0) is 18.2. The van der Waals surface area contributed by atoms with Crippen molar-refractivity contribution < 1.29 is 9.21 Å². The summed E-state index contributed by atoms with van der Waals surface area (Å²) in [7, 11) is 0. The summed E-state index contributed by atoms with van der Waals surface area (Å²) >= 11 is 4.48. The fourth-order valence-electron chi connectivity index (χ4n) is 1.88. The van der Waals surface area contributed by atoms with Crippen LogP contribution in [0.5, 0.6) is 0 Å². The van der Waals surface area contributed by atoms with E-state index < -0.39 is 0 Å². The Kier molecular flexibility index (Phi) is 6.87. The zero-order valence-electron chi connectivity index (χ0n) is 13.9. The molecule has 0 saturated carbocycles. The summed E-state index contributed by atoms with van der Waals surface area (Å²) in [4.78, 5) is 11.9. The quantitative estimate of drug-likeness (QED) is 0.346. The van der Waals surface area contributed by atoms with Gasteiger partial charge in [0.05, 0.1) is 12.0 Å². The fourth-order valence-corrected chi connectivity index (χ4v) is 4.65. The van der Waals surface area contributed by atoms with E-state index in [0.29, 0.717) is 11.5 Å². The number of rotatable bonds is 8. The van der Waals surface area contributed by atoms with Gasteiger partial charge in [0.15, 0.2) is 8.68 Å². The number of amides is 1. The van der Waals surface area contributed by atoms with Gasteiger partial charge in [-0.15, -0.1) is 10.2 Å². The number of furan rings is 1. The first-order valence-electron chi connectivity index (χ1n) is 7.71. The molecule has 0 aliphatic rings. The van der Waals surface area contributed by atoms with Gasteiger partial charge >= 0.3 is 0 Å². The van der Waals surface area contributed by atoms with E-state index in [1.165, 1.54) is 28.7 Å². The van der Waals surface area contributed by atoms with E-state index >= 15 is 0 Å². The lowest BCUT2D eigenvalue weighted by Gasteiger charge is -1.99. The van der Waals surface area contributed by atoms with Gasteiger partial charge in [-0.05, 0) is 24.6 Å². The second kappa shape index (κ2) is 9.56. The number of hydrogen-bond acceptors (Lipinski definition) is 8. The minimum absolute atomic E-state index is 0.199. The van der Waals surface area contributed by atoms with Crippen molar-refractivity contribution >= 4 is 46.5 Å². The average Bonchev–Trinajstić information content (AvgIpc) is 3.35. The molecule has 134 valence electrons. The van der Waals surface area contributed by atoms with Gasteiger partial charge in [-0.1, -0.05) is 65.2 Å². The van der Waals surface area contributed by atoms with E-state index in [9.17, 15) is 4.79 Å². The van der Waals surface area contributed by atoms with E-state index in [-0.39, 0.29) is 11.7 Å². The fraction of sp³-hybridized carbons (Fsp3) is 0.176. The van der Waals surface area contributed by atoms with Crippen LogP contribution in [0.15, 0.2) is 66.9 Å². The van der Waals surface area contributed by atoms with Crippen molar-refractivity contribution in [1.82, 2.24) is 15.6 Å². The van der Waals surface area contributed by atoms with Crippen LogP contribution in [0.3, 0.4) is 0 Å². The molecule has 0 atom stereocenters. The lowest BCUT2D eigenvalue weighted by Crippen LogP contribution is -2.21. The molecule has 0 saturated heterocycles. The Balaban J connectivity index is 1.42. The van der Waals surface area contributed by atoms with Gasteiger partial charge in [-0.3, -0.25) is 4.79 Å². The van der Waals surface area contributed by atoms with Crippen LogP contribution in [0.25, 0.3) is 0 Å². The molecular weight excluding hydrogens is 388 g/mol. The Labute approximate surface area is 163 Å². The van der Waals surface area contributed by atoms with Crippen molar-refractivity contribution in [2.45, 2.75) is 21.4 Å². The highest BCUT2D eigenvalue weighted by Gasteiger charge is 2.09. The number of nitrogens with one attached hydrogen (secondary N) is 1. The second-order valence-corrected chi connectivity index (χ2v) is 8.53. The molecule has 0 aliphatic carbocycles. The van der Waals surface area contributed by atoms with Gasteiger partial charge < -0.3 is 4.42 Å². The maximum absolute atomic E-state index is 11.9. The molecular formula is C17H16N4O2S3. The van der Waals surface area contributed by atoms with Crippen molar-refractivity contribution in [3.8, 4) is 0 Å². The highest BCUT2D eigenvalue weighted by molar-refractivity contribution is 8.03. The molecule has 9 heteroatoms. The minimum Gasteiger partial charge on any atom is -0.463 e. The Morgan fingerprint density at radius 2 is 1.92 bits per heavy atom. The van der Waals surface area contributed by atoms with Crippen LogP contribution in [0, 0.1) is 0 Å². The topological polar surface area (TPSA) is 80.4 Å². The molecule has 2 aromatic heterocycles. The molecule has 26 heavy (non-hydrogen) atoms. The van der Waals surface area contributed by atoms with Crippen molar-refractivity contribution in [3.05, 3.63) is 60.1 Å². The summed E-state index contributed by atoms with van der Waals surface area (Å²) in [5.41, 5.74) is 4.37. The molecule has 1 N–H and O–H groups in total. The smallest absolute Gasteiger partial charge is 0.250 e. The molecule has 0 aliphatic heterocycles. The Morgan fingerprint density at radius 1 is 1.15 bits per heavy atom. The first kappa shape index (κ1) is 18.7. The lowest BCUT2D eigenvalue weighted by atomic mass is 10.2. The maximum Gasteiger partial charge on any atom is 0.250 e. The second-order valence-electron chi connectivity index (χ2n) is 5.11. The predicted molar refractivity (Wildman–Crippen MR) is 106 cm³/mol. The van der Waals surface area contributed by atoms with Crippen molar-refractivity contribution in [2.24, 2.45) is 5.10 Å². The van der Waals surface area contributed by atoms with Gasteiger partial charge in [0.25, 0.3) is 5.91 Å². The van der Waals surface area contributed by atoms with Crippen LogP contribution < -0.4 is 5.43 Å². The number of benzene rings is 1. The number of carbonyl (C=O) groups excluding carboxylic acids is 1. The molecule has 0 unspecified atom stereocenters. The summed E-state index contributed by atoms with van der Waals surface area (Å²) in [5.74, 6) is 1.51. The molecule has 0 spiro atoms. The number of thioether (sulfide) groups is 2. The largest absolute Gasteiger partial charge is 0.463 e. The third kappa shape index (κ3) is 5.72. The first-order valence-corrected chi connectivity index (χ1v) is 10.5. The third-order valence-electron chi connectivity index (χ3n) is 3.15. The highest BCUT2D eigenvalue weighted by Crippen LogP contribution is 2.30. The van der Waals surface area contributed by atoms with Crippen LogP contribution in [0.1, 0.15) is 18.2 Å². The molecule has 3 rings (SSSR count). The van der Waals surface area contributed by atoms with Gasteiger partial charge in [-0.2, -0.15) is 5.10 Å². The number of carbonyl (C=O) groups is 1. The zero-order valence-corrected chi connectivity index (χ0v) is 16.4. The maximum atomic E-state index is 11.9. The van der Waals surface area contributed by atoms with Crippen LogP contribution >= 0.6 is 34.9 Å². The van der Waals surface area contributed by atoms with E-state index in [1.54, 1.807) is 37.1 Å². The van der Waals surface area contributed by atoms with E-state index in [1.807, 2.05) is 18.2 Å². The van der Waals surface area contributed by atoms with Crippen molar-refractivity contribution in [1.29, 1.82) is 0 Å². The first-order chi connectivity index (χ1) is 12.7. The van der Waals surface area contributed by atoms with Gasteiger partial charge in [0.1, 0.15) is 11.5 Å². The summed E-state index contributed by atoms with van der Waals surface area (Å²) in [6.07, 6.45) is 1.56. The Hall–Kier alpha value is -2.10. The number of hydrazone groups is 1. The molecule has 6 nitrogen and oxygen atoms in total. The van der Waals surface area contributed by atoms with Gasteiger partial charge in [0.2, 0.25) is 0 Å². The standard InChI is InChI=1S/C17H16N4O2S3/c1-12(14-8-5-9-23-14)18-19-15(22)11-25-17-21-20-16(26-17)24-10-13-6-3-2-4-7-13/h2-9H,10-11H2,1H3,(H,19,22)/b18-12+. The Bertz CT molecular complexity index is 863. The lowest BCUT2D eigenvalue weighted by molar-refractivity contribution is -0.118. The number of nitrogens with zero attached hydrogens (tertiary/aromatic N) is 3. The normalized spacial score (nSPS) is 11.5. The average molecular weight is 405 g/mol. The summed E-state index contributed by atoms with van der Waals surface area (Å²) in [6.45, 7) is 1.77. The SMILES string of the molecule is C/C(=N\NC(=O)CSc1nnc(SCc2ccccc2)s1)c1ccco1. The molecule has 1 aromatic carbocycles. The molecule has 0 bridgehead atoms. The van der Waals surface area contributed by atoms with Crippen LogP contribution in [-0.2, 0) is 10.5 Å². The monoisotopic (exact) mass is 404 g/mol. The van der Waals surface area contributed by atoms with Crippen molar-refractivity contribution in [3.63, 3.8) is 0 Å². The van der Waals surface area contributed by atoms with Gasteiger partial charge in [-0.25, -0.2) is 5.43 Å². The molecule has 2 heterocycles. The van der Waals surface area contributed by atoms with Crippen molar-refractivity contribution in [2.75, 3.05) is 5.75 Å². The van der Waals surface area contributed by atoms with Crippen LogP contribution in [0.4, 0.5) is 0 Å². The number of hydrogen-bond donors (Lipinski definition) is 1. The summed E-state index contributed by atoms with van der Waals surface area (Å²) in [5, 5.41) is 12.3. The van der Waals surface area contributed by atoms with Crippen LogP contribution in [-0.4, -0.2) is 27.6 Å². The summed E-state index contributed by atoms with van der Waals surface area (Å²) < 4.78 is 6.87. The molecule has 3 aromatic rings. The van der Waals surface area contributed by atoms with E-state index in [2.05, 4.69) is 32.9 Å². The van der Waals surface area contributed by atoms with E-state index in [0.717, 1.165) is 14.4 Å². The summed E-state index contributed by atoms with van der Waals surface area (Å²) in [6, 6.07) is 13.8. The predicted octanol–water partition coefficient (Wildman–Crippen LogP) is 4.06. The molecule has 0 radical (unpaired) electrons. The van der Waals surface area contributed by atoms with E-state index in [4.69, 9.17) is 4.42 Å². The molecule has 1 amide bonds. The highest BCUT2D eigenvalue weighted by atomic mass is 32.2. The van der Waals surface area contributed by atoms with Crippen LogP contribution in [0.2, 0.25) is 0 Å². The molecule has 0 fully saturated rings. The van der Waals surface area contributed by atoms with Gasteiger partial charge in [0, 0.05) is 5.75 Å². The minimum atomic E-state index is -0.199. The number of aromatic nitrogens is 2.